The lowest BCUT2D eigenvalue weighted by Crippen LogP contribution is -2.36. The summed E-state index contributed by atoms with van der Waals surface area (Å²) in [6.45, 7) is 8.02. The van der Waals surface area contributed by atoms with Crippen molar-refractivity contribution in [3.63, 3.8) is 0 Å². The van der Waals surface area contributed by atoms with Crippen LogP contribution in [-0.2, 0) is 0 Å². The van der Waals surface area contributed by atoms with Crippen molar-refractivity contribution in [1.29, 1.82) is 0 Å². The van der Waals surface area contributed by atoms with E-state index in [0.29, 0.717) is 0 Å². The van der Waals surface area contributed by atoms with Crippen LogP contribution in [0.2, 0.25) is 0 Å². The molecule has 0 bridgehead atoms. The van der Waals surface area contributed by atoms with Gasteiger partial charge in [0.15, 0.2) is 0 Å². The Kier molecular flexibility index (Phi) is 4.26. The summed E-state index contributed by atoms with van der Waals surface area (Å²) < 4.78 is 1.08. The van der Waals surface area contributed by atoms with E-state index in [2.05, 4.69) is 27.4 Å². The Morgan fingerprint density at radius 3 is 2.50 bits per heavy atom. The lowest BCUT2D eigenvalue weighted by molar-refractivity contribution is 0.203. The lowest BCUT2D eigenvalue weighted by atomic mass is 9.97. The third-order valence-corrected chi connectivity index (χ3v) is 2.69. The summed E-state index contributed by atoms with van der Waals surface area (Å²) in [4.78, 5) is 2.42. The first-order chi connectivity index (χ1) is 5.72. The van der Waals surface area contributed by atoms with Crippen LogP contribution in [0.1, 0.15) is 12.8 Å². The highest BCUT2D eigenvalue weighted by Gasteiger charge is 2.17. The van der Waals surface area contributed by atoms with Gasteiger partial charge in [-0.05, 0) is 38.4 Å². The van der Waals surface area contributed by atoms with E-state index in [0.717, 1.165) is 23.5 Å². The third kappa shape index (κ3) is 3.25. The van der Waals surface area contributed by atoms with Gasteiger partial charge in [-0.1, -0.05) is 22.5 Å². The zero-order valence-electron chi connectivity index (χ0n) is 7.43. The van der Waals surface area contributed by atoms with Crippen molar-refractivity contribution < 1.29 is 0 Å². The van der Waals surface area contributed by atoms with Crippen LogP contribution in [0.15, 0.2) is 11.1 Å². The van der Waals surface area contributed by atoms with Crippen molar-refractivity contribution in [2.24, 2.45) is 11.7 Å². The van der Waals surface area contributed by atoms with Crippen molar-refractivity contribution in [3.05, 3.63) is 11.1 Å². The first-order valence-corrected chi connectivity index (χ1v) is 5.27. The summed E-state index contributed by atoms with van der Waals surface area (Å²) in [7, 11) is 0. The Morgan fingerprint density at radius 1 is 1.50 bits per heavy atom. The smallest absolute Gasteiger partial charge is 0.0293 e. The molecule has 1 rings (SSSR count). The van der Waals surface area contributed by atoms with E-state index in [1.54, 1.807) is 0 Å². The van der Waals surface area contributed by atoms with E-state index in [1.807, 2.05) is 0 Å². The van der Waals surface area contributed by atoms with Crippen LogP contribution in [0.5, 0.6) is 0 Å². The van der Waals surface area contributed by atoms with Crippen molar-refractivity contribution in [2.75, 3.05) is 26.2 Å². The molecule has 1 heterocycles. The van der Waals surface area contributed by atoms with Crippen molar-refractivity contribution in [3.8, 4) is 0 Å². The SMILES string of the molecule is C=C(Br)CN1CCC(CN)CC1. The maximum Gasteiger partial charge on any atom is 0.0293 e. The zero-order chi connectivity index (χ0) is 8.97. The number of hydrogen-bond acceptors (Lipinski definition) is 2. The summed E-state index contributed by atoms with van der Waals surface area (Å²) in [6.07, 6.45) is 2.49. The molecular weight excluding hydrogens is 216 g/mol. The maximum atomic E-state index is 5.60. The van der Waals surface area contributed by atoms with Gasteiger partial charge in [-0.3, -0.25) is 4.90 Å². The number of rotatable bonds is 3. The van der Waals surface area contributed by atoms with Crippen LogP contribution in [0.3, 0.4) is 0 Å². The second kappa shape index (κ2) is 5.00. The summed E-state index contributed by atoms with van der Waals surface area (Å²) in [5, 5.41) is 0. The van der Waals surface area contributed by atoms with Gasteiger partial charge in [0.05, 0.1) is 0 Å². The molecule has 0 aromatic carbocycles. The fraction of sp³-hybridized carbons (Fsp3) is 0.778. The average Bonchev–Trinajstić information content (AvgIpc) is 2.05. The number of likely N-dealkylation sites (tertiary alicyclic amines) is 1. The Labute approximate surface area is 82.9 Å². The molecule has 2 N–H and O–H groups in total. The summed E-state index contributed by atoms with van der Waals surface area (Å²) >= 11 is 3.38. The molecule has 70 valence electrons. The molecule has 0 amide bonds. The van der Waals surface area contributed by atoms with Gasteiger partial charge < -0.3 is 5.73 Å². The Morgan fingerprint density at radius 2 is 2.08 bits per heavy atom. The highest BCUT2D eigenvalue weighted by Crippen LogP contribution is 2.17. The van der Waals surface area contributed by atoms with Crippen LogP contribution < -0.4 is 5.73 Å². The van der Waals surface area contributed by atoms with Crippen molar-refractivity contribution >= 4 is 15.9 Å². The van der Waals surface area contributed by atoms with E-state index in [1.165, 1.54) is 25.9 Å². The molecule has 0 aromatic rings. The third-order valence-electron chi connectivity index (χ3n) is 2.44. The number of piperidine rings is 1. The minimum atomic E-state index is 0.754. The van der Waals surface area contributed by atoms with Gasteiger partial charge in [0, 0.05) is 11.0 Å². The van der Waals surface area contributed by atoms with Gasteiger partial charge in [-0.2, -0.15) is 0 Å². The van der Waals surface area contributed by atoms with Crippen molar-refractivity contribution in [1.82, 2.24) is 4.90 Å². The summed E-state index contributed by atoms with van der Waals surface area (Å²) in [5.41, 5.74) is 5.60. The Hall–Kier alpha value is 0.140. The fourth-order valence-corrected chi connectivity index (χ4v) is 1.98. The Balaban J connectivity index is 2.21. The molecule has 0 radical (unpaired) electrons. The first kappa shape index (κ1) is 10.2. The molecule has 0 aromatic heterocycles. The van der Waals surface area contributed by atoms with Crippen LogP contribution in [-0.4, -0.2) is 31.1 Å². The maximum absolute atomic E-state index is 5.60. The van der Waals surface area contributed by atoms with Crippen LogP contribution >= 0.6 is 15.9 Å². The molecule has 1 aliphatic heterocycles. The van der Waals surface area contributed by atoms with E-state index in [9.17, 15) is 0 Å². The molecule has 1 saturated heterocycles. The number of nitrogens with two attached hydrogens (primary N) is 1. The molecule has 2 nitrogen and oxygen atoms in total. The van der Waals surface area contributed by atoms with Gasteiger partial charge >= 0.3 is 0 Å². The molecule has 0 unspecified atom stereocenters. The summed E-state index contributed by atoms with van der Waals surface area (Å²) in [5.74, 6) is 0.754. The standard InChI is InChI=1S/C9H17BrN2/c1-8(10)7-12-4-2-9(6-11)3-5-12/h9H,1-7,11H2. The van der Waals surface area contributed by atoms with Gasteiger partial charge in [-0.15, -0.1) is 0 Å². The van der Waals surface area contributed by atoms with Gasteiger partial charge in [0.25, 0.3) is 0 Å². The first-order valence-electron chi connectivity index (χ1n) is 4.48. The molecule has 0 spiro atoms. The molecule has 1 fully saturated rings. The number of nitrogens with zero attached hydrogens (tertiary/aromatic N) is 1. The molecular formula is C9H17BrN2. The van der Waals surface area contributed by atoms with Gasteiger partial charge in [-0.25, -0.2) is 0 Å². The van der Waals surface area contributed by atoms with E-state index >= 15 is 0 Å². The highest BCUT2D eigenvalue weighted by molar-refractivity contribution is 9.11. The molecule has 0 saturated carbocycles. The van der Waals surface area contributed by atoms with Gasteiger partial charge in [0.2, 0.25) is 0 Å². The van der Waals surface area contributed by atoms with Crippen LogP contribution in [0.4, 0.5) is 0 Å². The predicted molar refractivity (Wildman–Crippen MR) is 56.3 cm³/mol. The van der Waals surface area contributed by atoms with E-state index in [-0.39, 0.29) is 0 Å². The minimum absolute atomic E-state index is 0.754. The predicted octanol–water partition coefficient (Wildman–Crippen LogP) is 1.57. The van der Waals surface area contributed by atoms with Gasteiger partial charge in [0.1, 0.15) is 0 Å². The second-order valence-electron chi connectivity index (χ2n) is 3.47. The number of halogens is 1. The van der Waals surface area contributed by atoms with E-state index < -0.39 is 0 Å². The Bertz CT molecular complexity index is 151. The lowest BCUT2D eigenvalue weighted by Gasteiger charge is -2.30. The number of hydrogen-bond donors (Lipinski definition) is 1. The molecule has 12 heavy (non-hydrogen) atoms. The van der Waals surface area contributed by atoms with Crippen LogP contribution in [0, 0.1) is 5.92 Å². The van der Waals surface area contributed by atoms with Crippen LogP contribution in [0.25, 0.3) is 0 Å². The van der Waals surface area contributed by atoms with E-state index in [4.69, 9.17) is 5.73 Å². The topological polar surface area (TPSA) is 29.3 Å². The largest absolute Gasteiger partial charge is 0.330 e. The monoisotopic (exact) mass is 232 g/mol. The normalized spacial score (nSPS) is 21.2. The minimum Gasteiger partial charge on any atom is -0.330 e. The summed E-state index contributed by atoms with van der Waals surface area (Å²) in [6, 6.07) is 0. The zero-order valence-corrected chi connectivity index (χ0v) is 9.02. The van der Waals surface area contributed by atoms with Crippen molar-refractivity contribution in [2.45, 2.75) is 12.8 Å². The molecule has 0 aliphatic carbocycles. The fourth-order valence-electron chi connectivity index (χ4n) is 1.62. The molecule has 3 heteroatoms. The highest BCUT2D eigenvalue weighted by atomic mass is 79.9. The molecule has 1 aliphatic rings. The second-order valence-corrected chi connectivity index (χ2v) is 4.59. The quantitative estimate of drug-likeness (QED) is 0.801. The average molecular weight is 233 g/mol. The molecule has 0 atom stereocenters.